The van der Waals surface area contributed by atoms with Crippen LogP contribution >= 0.6 is 0 Å². The summed E-state index contributed by atoms with van der Waals surface area (Å²) in [7, 11) is 0. The predicted molar refractivity (Wildman–Crippen MR) is 47.7 cm³/mol. The fraction of sp³-hybridized carbons (Fsp3) is 0.800. The van der Waals surface area contributed by atoms with E-state index in [0.717, 1.165) is 12.1 Å². The fourth-order valence-electron chi connectivity index (χ4n) is 2.67. The molecule has 0 aromatic heterocycles. The first-order valence-corrected chi connectivity index (χ1v) is 4.93. The van der Waals surface area contributed by atoms with Gasteiger partial charge in [-0.1, -0.05) is 12.8 Å². The van der Waals surface area contributed by atoms with Gasteiger partial charge in [-0.3, -0.25) is 0 Å². The average Bonchev–Trinajstić information content (AvgIpc) is 2.49. The highest BCUT2D eigenvalue weighted by Gasteiger charge is 2.46. The Kier molecular flexibility index (Phi) is 2.02. The molecule has 0 amide bonds. The van der Waals surface area contributed by atoms with Crippen molar-refractivity contribution in [1.82, 2.24) is 0 Å². The molecule has 1 spiro atoms. The van der Waals surface area contributed by atoms with Crippen molar-refractivity contribution < 1.29 is 4.79 Å². The van der Waals surface area contributed by atoms with E-state index in [-0.39, 0.29) is 5.41 Å². The lowest BCUT2D eigenvalue weighted by molar-refractivity contribution is -0.0198. The van der Waals surface area contributed by atoms with Crippen molar-refractivity contribution in [1.29, 1.82) is 0 Å². The molecule has 1 radical (unpaired) electrons. The molecule has 2 heteroatoms. The van der Waals surface area contributed by atoms with Crippen molar-refractivity contribution in [2.45, 2.75) is 44.9 Å². The van der Waals surface area contributed by atoms with E-state index in [9.17, 15) is 0 Å². The van der Waals surface area contributed by atoms with Crippen molar-refractivity contribution in [2.24, 2.45) is 5.41 Å². The van der Waals surface area contributed by atoms with Crippen molar-refractivity contribution in [3.63, 3.8) is 0 Å². The third-order valence-electron chi connectivity index (χ3n) is 3.34. The minimum Gasteiger partial charge on any atom is -0.362 e. The second kappa shape index (κ2) is 3.02. The van der Waals surface area contributed by atoms with Crippen molar-refractivity contribution in [3.8, 4) is 0 Å². The number of rotatable bonds is 0. The van der Waals surface area contributed by atoms with E-state index in [0.29, 0.717) is 0 Å². The molecule has 2 aliphatic carbocycles. The van der Waals surface area contributed by atoms with Crippen LogP contribution in [0.2, 0.25) is 0 Å². The van der Waals surface area contributed by atoms with Crippen molar-refractivity contribution >= 4 is 5.71 Å². The Morgan fingerprint density at radius 1 is 1.25 bits per heavy atom. The third-order valence-corrected chi connectivity index (χ3v) is 3.34. The number of hydrogen-bond donors (Lipinski definition) is 0. The first-order valence-electron chi connectivity index (χ1n) is 4.93. The van der Waals surface area contributed by atoms with Crippen LogP contribution < -0.4 is 0 Å². The lowest BCUT2D eigenvalue weighted by atomic mass is 9.72. The van der Waals surface area contributed by atoms with Gasteiger partial charge in [0.2, 0.25) is 0 Å². The Morgan fingerprint density at radius 3 is 2.75 bits per heavy atom. The topological polar surface area (TPSA) is 36.4 Å². The molecule has 0 heterocycles. The largest absolute Gasteiger partial charge is 0.362 e. The fourth-order valence-corrected chi connectivity index (χ4v) is 2.67. The van der Waals surface area contributed by atoms with Gasteiger partial charge in [0.25, 0.3) is 5.71 Å². The van der Waals surface area contributed by atoms with Crippen molar-refractivity contribution in [2.75, 3.05) is 0 Å². The van der Waals surface area contributed by atoms with Gasteiger partial charge in [-0.15, -0.1) is 0 Å². The van der Waals surface area contributed by atoms with Crippen LogP contribution in [0.4, 0.5) is 0 Å². The summed E-state index contributed by atoms with van der Waals surface area (Å²) in [4.78, 5) is 3.45. The quantitative estimate of drug-likeness (QED) is 0.389. The molecular formula is C10H15N2. The van der Waals surface area contributed by atoms with E-state index in [1.54, 1.807) is 0 Å². The van der Waals surface area contributed by atoms with Crippen LogP contribution in [0.3, 0.4) is 0 Å². The minimum atomic E-state index is 0.215. The van der Waals surface area contributed by atoms with Gasteiger partial charge in [0, 0.05) is 6.42 Å². The molecule has 12 heavy (non-hydrogen) atoms. The molecule has 65 valence electrons. The van der Waals surface area contributed by atoms with Gasteiger partial charge in [-0.25, -0.2) is 0 Å². The summed E-state index contributed by atoms with van der Waals surface area (Å²) < 4.78 is 0. The van der Waals surface area contributed by atoms with Gasteiger partial charge in [0.15, 0.2) is 0 Å². The molecule has 0 N–H and O–H groups in total. The Labute approximate surface area is 73.6 Å². The van der Waals surface area contributed by atoms with Crippen LogP contribution in [0, 0.1) is 11.8 Å². The van der Waals surface area contributed by atoms with E-state index in [1.807, 2.05) is 0 Å². The van der Waals surface area contributed by atoms with Crippen molar-refractivity contribution in [3.05, 3.63) is 12.0 Å². The molecule has 1 unspecified atom stereocenters. The maximum absolute atomic E-state index is 8.85. The highest BCUT2D eigenvalue weighted by molar-refractivity contribution is 5.88. The van der Waals surface area contributed by atoms with E-state index in [1.165, 1.54) is 38.5 Å². The molecule has 2 nitrogen and oxygen atoms in total. The van der Waals surface area contributed by atoms with Gasteiger partial charge >= 0.3 is 0 Å². The SMILES string of the molecule is [N-]=[N+]=C1CCCC12[CH]CCCC2. The Bertz CT molecular complexity index is 220. The van der Waals surface area contributed by atoms with Crippen LogP contribution in [0.5, 0.6) is 0 Å². The molecule has 2 aliphatic rings. The first-order chi connectivity index (χ1) is 5.87. The van der Waals surface area contributed by atoms with Crippen LogP contribution in [0.25, 0.3) is 5.53 Å². The molecule has 0 saturated heterocycles. The monoisotopic (exact) mass is 163 g/mol. The second-order valence-electron chi connectivity index (χ2n) is 4.01. The van der Waals surface area contributed by atoms with Gasteiger partial charge < -0.3 is 5.53 Å². The maximum Gasteiger partial charge on any atom is 0.275 e. The third kappa shape index (κ3) is 1.11. The Balaban J connectivity index is 2.22. The van der Waals surface area contributed by atoms with E-state index < -0.39 is 0 Å². The summed E-state index contributed by atoms with van der Waals surface area (Å²) >= 11 is 0. The molecule has 0 bridgehead atoms. The normalized spacial score (nSPS) is 27.5. The Morgan fingerprint density at radius 2 is 2.08 bits per heavy atom. The van der Waals surface area contributed by atoms with Gasteiger partial charge in [0.05, 0.1) is 5.41 Å². The lowest BCUT2D eigenvalue weighted by Crippen LogP contribution is -2.29. The molecule has 2 fully saturated rings. The summed E-state index contributed by atoms with van der Waals surface area (Å²) in [5.74, 6) is 0. The second-order valence-corrected chi connectivity index (χ2v) is 4.01. The Hall–Kier alpha value is -0.620. The van der Waals surface area contributed by atoms with Crippen LogP contribution in [-0.4, -0.2) is 10.5 Å². The predicted octanol–water partition coefficient (Wildman–Crippen LogP) is 2.61. The molecule has 0 aromatic carbocycles. The first kappa shape index (κ1) is 8.00. The van der Waals surface area contributed by atoms with E-state index >= 15 is 0 Å². The standard InChI is InChI=1S/C10H15N2/c11-12-9-5-4-8-10(9)6-2-1-3-7-10/h6H,1-5,7-8H2. The lowest BCUT2D eigenvalue weighted by Gasteiger charge is -2.28. The summed E-state index contributed by atoms with van der Waals surface area (Å²) in [6, 6.07) is 0. The molecule has 2 rings (SSSR count). The molecular weight excluding hydrogens is 148 g/mol. The summed E-state index contributed by atoms with van der Waals surface area (Å²) in [5.41, 5.74) is 10.1. The zero-order valence-corrected chi connectivity index (χ0v) is 7.42. The minimum absolute atomic E-state index is 0.215. The molecule has 0 aliphatic heterocycles. The average molecular weight is 163 g/mol. The zero-order valence-electron chi connectivity index (χ0n) is 7.42. The summed E-state index contributed by atoms with van der Waals surface area (Å²) in [5, 5.41) is 0. The van der Waals surface area contributed by atoms with Crippen LogP contribution in [0.1, 0.15) is 44.9 Å². The smallest absolute Gasteiger partial charge is 0.275 e. The van der Waals surface area contributed by atoms with E-state index in [4.69, 9.17) is 5.53 Å². The van der Waals surface area contributed by atoms with Gasteiger partial charge in [-0.05, 0) is 32.1 Å². The van der Waals surface area contributed by atoms with Crippen LogP contribution in [0.15, 0.2) is 0 Å². The number of nitrogens with zero attached hydrogens (tertiary/aromatic N) is 2. The molecule has 2 saturated carbocycles. The molecule has 1 atom stereocenters. The number of hydrogen-bond acceptors (Lipinski definition) is 0. The highest BCUT2D eigenvalue weighted by Crippen LogP contribution is 2.45. The van der Waals surface area contributed by atoms with Gasteiger partial charge in [0.1, 0.15) is 0 Å². The molecule has 0 aromatic rings. The van der Waals surface area contributed by atoms with Crippen LogP contribution in [-0.2, 0) is 0 Å². The van der Waals surface area contributed by atoms with Gasteiger partial charge in [-0.2, -0.15) is 4.79 Å². The summed E-state index contributed by atoms with van der Waals surface area (Å²) in [6.45, 7) is 0. The summed E-state index contributed by atoms with van der Waals surface area (Å²) in [6.07, 6.45) is 10.9. The highest BCUT2D eigenvalue weighted by atomic mass is 14.9. The maximum atomic E-state index is 8.85. The zero-order chi connectivity index (χ0) is 8.44. The van der Waals surface area contributed by atoms with E-state index in [2.05, 4.69) is 11.2 Å².